The van der Waals surface area contributed by atoms with Crippen LogP contribution in [0, 0.1) is 25.1 Å². The van der Waals surface area contributed by atoms with E-state index in [4.69, 9.17) is 16.3 Å². The Bertz CT molecular complexity index is 1940. The Morgan fingerprint density at radius 1 is 1.02 bits per heavy atom. The van der Waals surface area contributed by atoms with Crippen molar-refractivity contribution < 1.29 is 23.5 Å². The van der Waals surface area contributed by atoms with Crippen LogP contribution < -0.4 is 10.9 Å². The number of likely N-dealkylation sites (tertiary alicyclic amines) is 1. The van der Waals surface area contributed by atoms with Gasteiger partial charge in [0.05, 0.1) is 17.2 Å². The molecule has 268 valence electrons. The Morgan fingerprint density at radius 2 is 1.75 bits per heavy atom. The fourth-order valence-electron chi connectivity index (χ4n) is 7.27. The van der Waals surface area contributed by atoms with E-state index in [0.29, 0.717) is 54.5 Å². The first-order valence-electron chi connectivity index (χ1n) is 17.3. The molecular formula is C40H44ClFN4O5. The third-order valence-corrected chi connectivity index (χ3v) is 10.4. The van der Waals surface area contributed by atoms with Crippen LogP contribution in [0.25, 0.3) is 0 Å². The molecule has 2 N–H and O–H groups in total. The van der Waals surface area contributed by atoms with E-state index in [9.17, 15) is 23.6 Å². The van der Waals surface area contributed by atoms with Crippen LogP contribution in [0.15, 0.2) is 77.6 Å². The van der Waals surface area contributed by atoms with E-state index in [1.807, 2.05) is 51.1 Å². The number of halogens is 2. The van der Waals surface area contributed by atoms with Crippen LogP contribution in [-0.2, 0) is 27.4 Å². The molecule has 11 heteroatoms. The van der Waals surface area contributed by atoms with Gasteiger partial charge in [0.25, 0.3) is 11.5 Å². The van der Waals surface area contributed by atoms with Crippen molar-refractivity contribution in [3.63, 3.8) is 0 Å². The van der Waals surface area contributed by atoms with Crippen LogP contribution in [-0.4, -0.2) is 45.0 Å². The summed E-state index contributed by atoms with van der Waals surface area (Å²) in [5, 5.41) is 9.48. The third-order valence-electron chi connectivity index (χ3n) is 10.1. The number of benzene rings is 3. The SMILES string of the molecule is CCC(CC)(C(=O)OCc1ccccc1)[C@H]1CC[C@@H](c2cc(F)cc(Cl)c2)N1C(=O)[C@@H](C)NC(=O)c1ccc(Cc2cc(C)n[nH]c2=O)c(C)c1. The first-order chi connectivity index (χ1) is 24.4. The number of nitrogens with one attached hydrogen (secondary N) is 2. The van der Waals surface area contributed by atoms with Crippen molar-refractivity contribution in [2.24, 2.45) is 5.41 Å². The molecule has 0 bridgehead atoms. The number of ether oxygens (including phenoxy) is 1. The number of hydrogen-bond acceptors (Lipinski definition) is 6. The van der Waals surface area contributed by atoms with Gasteiger partial charge in [0, 0.05) is 28.6 Å². The molecule has 2 amide bonds. The predicted molar refractivity (Wildman–Crippen MR) is 194 cm³/mol. The third kappa shape index (κ3) is 8.22. The predicted octanol–water partition coefficient (Wildman–Crippen LogP) is 7.17. The summed E-state index contributed by atoms with van der Waals surface area (Å²) in [4.78, 5) is 56.1. The average Bonchev–Trinajstić information content (AvgIpc) is 3.56. The number of aromatic amines is 1. The van der Waals surface area contributed by atoms with E-state index < -0.39 is 47.1 Å². The standard InChI is InChI=1S/C40H44ClFN4O5/c1-6-40(7-2,39(50)51-23-27-11-9-8-10-12-27)35-16-15-34(30-20-32(41)22-33(42)21-30)46(35)38(49)26(5)43-36(47)29-14-13-28(24(3)17-29)19-31-18-25(4)44-45-37(31)48/h8-14,17-18,20-22,26,34-35H,6-7,15-16,19,23H2,1-5H3,(H,43,47)(H,45,48)/t26-,34+,35-/m1/s1. The molecule has 9 nitrogen and oxygen atoms in total. The maximum Gasteiger partial charge on any atom is 0.314 e. The van der Waals surface area contributed by atoms with Crippen molar-refractivity contribution in [2.45, 2.75) is 91.5 Å². The summed E-state index contributed by atoms with van der Waals surface area (Å²) in [5.74, 6) is -1.80. The van der Waals surface area contributed by atoms with Crippen molar-refractivity contribution in [1.29, 1.82) is 0 Å². The Hall–Kier alpha value is -4.83. The zero-order valence-corrected chi connectivity index (χ0v) is 30.4. The molecule has 5 rings (SSSR count). The molecule has 2 heterocycles. The van der Waals surface area contributed by atoms with Crippen molar-refractivity contribution in [1.82, 2.24) is 20.4 Å². The smallest absolute Gasteiger partial charge is 0.314 e. The number of carbonyl (C=O) groups is 3. The second kappa shape index (κ2) is 16.0. The van der Waals surface area contributed by atoms with Gasteiger partial charge in [0.1, 0.15) is 18.5 Å². The number of esters is 1. The highest BCUT2D eigenvalue weighted by Crippen LogP contribution is 2.48. The van der Waals surface area contributed by atoms with Crippen molar-refractivity contribution in [3.05, 3.63) is 133 Å². The summed E-state index contributed by atoms with van der Waals surface area (Å²) in [5.41, 5.74) is 3.33. The van der Waals surface area contributed by atoms with Crippen LogP contribution in [0.3, 0.4) is 0 Å². The number of aromatic nitrogens is 2. The molecule has 4 aromatic rings. The van der Waals surface area contributed by atoms with Gasteiger partial charge in [0.2, 0.25) is 5.91 Å². The maximum absolute atomic E-state index is 14.7. The number of aryl methyl sites for hydroxylation is 2. The van der Waals surface area contributed by atoms with E-state index in [-0.39, 0.29) is 17.2 Å². The van der Waals surface area contributed by atoms with Gasteiger partial charge in [-0.05, 0) is 105 Å². The fraction of sp³-hybridized carbons (Fsp3) is 0.375. The highest BCUT2D eigenvalue weighted by Gasteiger charge is 2.53. The van der Waals surface area contributed by atoms with Gasteiger partial charge in [0.15, 0.2) is 0 Å². The highest BCUT2D eigenvalue weighted by molar-refractivity contribution is 6.30. The number of carbonyl (C=O) groups excluding carboxylic acids is 3. The van der Waals surface area contributed by atoms with Gasteiger partial charge in [-0.1, -0.05) is 61.8 Å². The largest absolute Gasteiger partial charge is 0.460 e. The summed E-state index contributed by atoms with van der Waals surface area (Å²) in [6.45, 7) is 9.17. The molecule has 1 saturated heterocycles. The van der Waals surface area contributed by atoms with E-state index in [1.165, 1.54) is 12.1 Å². The van der Waals surface area contributed by atoms with Crippen molar-refractivity contribution in [3.8, 4) is 0 Å². The summed E-state index contributed by atoms with van der Waals surface area (Å²) in [7, 11) is 0. The first-order valence-corrected chi connectivity index (χ1v) is 17.7. The number of hydrogen-bond donors (Lipinski definition) is 2. The van der Waals surface area contributed by atoms with Gasteiger partial charge in [-0.2, -0.15) is 5.10 Å². The van der Waals surface area contributed by atoms with E-state index in [0.717, 1.165) is 16.7 Å². The lowest BCUT2D eigenvalue weighted by atomic mass is 9.74. The van der Waals surface area contributed by atoms with Crippen LogP contribution in [0.4, 0.5) is 4.39 Å². The van der Waals surface area contributed by atoms with E-state index >= 15 is 0 Å². The molecule has 0 spiro atoms. The monoisotopic (exact) mass is 714 g/mol. The Morgan fingerprint density at radius 3 is 2.41 bits per heavy atom. The second-order valence-corrected chi connectivity index (χ2v) is 13.8. The molecule has 1 fully saturated rings. The molecule has 0 aliphatic carbocycles. The summed E-state index contributed by atoms with van der Waals surface area (Å²) in [6, 6.07) is 18.4. The van der Waals surface area contributed by atoms with E-state index in [2.05, 4.69) is 15.5 Å². The van der Waals surface area contributed by atoms with Gasteiger partial charge < -0.3 is 15.0 Å². The number of amides is 2. The van der Waals surface area contributed by atoms with Gasteiger partial charge in [-0.15, -0.1) is 0 Å². The number of rotatable bonds is 12. The summed E-state index contributed by atoms with van der Waals surface area (Å²) < 4.78 is 20.6. The van der Waals surface area contributed by atoms with Crippen molar-refractivity contribution >= 4 is 29.4 Å². The molecule has 0 unspecified atom stereocenters. The minimum atomic E-state index is -1.05. The Labute approximate surface area is 302 Å². The Kier molecular flexibility index (Phi) is 11.8. The quantitative estimate of drug-likeness (QED) is 0.150. The number of nitrogens with zero attached hydrogens (tertiary/aromatic N) is 2. The van der Waals surface area contributed by atoms with Crippen LogP contribution in [0.2, 0.25) is 5.02 Å². The molecule has 0 saturated carbocycles. The van der Waals surface area contributed by atoms with E-state index in [1.54, 1.807) is 49.1 Å². The fourth-order valence-corrected chi connectivity index (χ4v) is 7.50. The molecule has 1 aromatic heterocycles. The molecule has 3 aromatic carbocycles. The van der Waals surface area contributed by atoms with Crippen molar-refractivity contribution in [2.75, 3.05) is 0 Å². The summed E-state index contributed by atoms with van der Waals surface area (Å²) >= 11 is 6.28. The van der Waals surface area contributed by atoms with Gasteiger partial charge in [-0.25, -0.2) is 9.49 Å². The van der Waals surface area contributed by atoms with Gasteiger partial charge in [-0.3, -0.25) is 19.2 Å². The average molecular weight is 715 g/mol. The maximum atomic E-state index is 14.7. The molecule has 1 aliphatic heterocycles. The minimum Gasteiger partial charge on any atom is -0.460 e. The molecule has 51 heavy (non-hydrogen) atoms. The van der Waals surface area contributed by atoms with Gasteiger partial charge >= 0.3 is 5.97 Å². The van der Waals surface area contributed by atoms with Crippen LogP contribution in [0.1, 0.15) is 96.4 Å². The lowest BCUT2D eigenvalue weighted by Gasteiger charge is -2.43. The zero-order valence-electron chi connectivity index (χ0n) is 29.6. The topological polar surface area (TPSA) is 121 Å². The zero-order chi connectivity index (χ0) is 36.9. The van der Waals surface area contributed by atoms with Crippen LogP contribution in [0.5, 0.6) is 0 Å². The molecular weight excluding hydrogens is 671 g/mol. The molecule has 0 radical (unpaired) electrons. The van der Waals surface area contributed by atoms with Crippen LogP contribution >= 0.6 is 11.6 Å². The molecule has 3 atom stereocenters. The lowest BCUT2D eigenvalue weighted by Crippen LogP contribution is -2.56. The number of H-pyrrole nitrogens is 1. The summed E-state index contributed by atoms with van der Waals surface area (Å²) in [6.07, 6.45) is 2.10. The highest BCUT2D eigenvalue weighted by atomic mass is 35.5. The first kappa shape index (κ1) is 37.4. The normalized spacial score (nSPS) is 16.5. The Balaban J connectivity index is 1.41. The molecule has 1 aliphatic rings. The minimum absolute atomic E-state index is 0.0916. The second-order valence-electron chi connectivity index (χ2n) is 13.4. The lowest BCUT2D eigenvalue weighted by molar-refractivity contribution is -0.164.